The number of primary amides is 1. The number of carbonyl (C=O) groups is 2. The molecule has 0 unspecified atom stereocenters. The van der Waals surface area contributed by atoms with Gasteiger partial charge in [-0.05, 0) is 12.3 Å². The van der Waals surface area contributed by atoms with Crippen molar-refractivity contribution in [2.24, 2.45) is 17.6 Å². The minimum atomic E-state index is -0.789. The average molecular weight is 239 g/mol. The summed E-state index contributed by atoms with van der Waals surface area (Å²) in [6.07, 6.45) is 0.832. The maximum atomic E-state index is 11.8. The molecule has 1 fully saturated rings. The van der Waals surface area contributed by atoms with Crippen molar-refractivity contribution < 1.29 is 14.3 Å². The summed E-state index contributed by atoms with van der Waals surface area (Å²) in [6, 6.07) is 1.17. The van der Waals surface area contributed by atoms with E-state index in [0.717, 1.165) is 0 Å². The highest BCUT2D eigenvalue weighted by atomic mass is 16.5. The van der Waals surface area contributed by atoms with Gasteiger partial charge in [0.2, 0.25) is 11.8 Å². The lowest BCUT2D eigenvalue weighted by Gasteiger charge is -2.21. The van der Waals surface area contributed by atoms with Gasteiger partial charge in [0.25, 0.3) is 0 Å². The summed E-state index contributed by atoms with van der Waals surface area (Å²) in [5.74, 6) is -1.34. The Hall–Kier alpha value is -1.61. The zero-order chi connectivity index (χ0) is 12.8. The van der Waals surface area contributed by atoms with Crippen LogP contribution in [0, 0.1) is 23.2 Å². The maximum absolute atomic E-state index is 11.8. The standard InChI is InChI=1S/C11H17N3O3/c1-7(2-4-12)9(10(13)15)14-11(16)8-3-5-17-6-8/h7-9H,2-3,5-6H2,1H3,(H2,13,15)(H,14,16)/t7-,8+,9+/m0/s1. The fourth-order valence-corrected chi connectivity index (χ4v) is 1.77. The van der Waals surface area contributed by atoms with E-state index in [1.165, 1.54) is 0 Å². The van der Waals surface area contributed by atoms with Crippen molar-refractivity contribution in [2.75, 3.05) is 13.2 Å². The predicted octanol–water partition coefficient (Wildman–Crippen LogP) is -0.457. The molecule has 0 bridgehead atoms. The van der Waals surface area contributed by atoms with Crippen LogP contribution >= 0.6 is 0 Å². The van der Waals surface area contributed by atoms with Crippen molar-refractivity contribution in [3.63, 3.8) is 0 Å². The van der Waals surface area contributed by atoms with Crippen molar-refractivity contribution in [1.29, 1.82) is 5.26 Å². The van der Waals surface area contributed by atoms with Gasteiger partial charge in [0.1, 0.15) is 6.04 Å². The molecule has 0 aromatic rings. The number of nitriles is 1. The first kappa shape index (κ1) is 13.5. The highest BCUT2D eigenvalue weighted by Crippen LogP contribution is 2.14. The SMILES string of the molecule is C[C@@H](CC#N)[C@@H](NC(=O)[C@@H]1CCOC1)C(N)=O. The van der Waals surface area contributed by atoms with E-state index in [9.17, 15) is 9.59 Å². The molecule has 2 amide bonds. The second kappa shape index (κ2) is 6.21. The molecule has 0 saturated carbocycles. The highest BCUT2D eigenvalue weighted by Gasteiger charge is 2.29. The van der Waals surface area contributed by atoms with Crippen molar-refractivity contribution in [3.8, 4) is 6.07 Å². The lowest BCUT2D eigenvalue weighted by Crippen LogP contribution is -2.50. The van der Waals surface area contributed by atoms with Gasteiger partial charge in [-0.3, -0.25) is 9.59 Å². The molecule has 0 aromatic heterocycles. The molecule has 6 nitrogen and oxygen atoms in total. The number of nitrogens with two attached hydrogens (primary N) is 1. The Kier molecular flexibility index (Phi) is 4.91. The molecule has 6 heteroatoms. The molecule has 94 valence electrons. The van der Waals surface area contributed by atoms with E-state index in [-0.39, 0.29) is 24.2 Å². The molecule has 1 rings (SSSR count). The quantitative estimate of drug-likeness (QED) is 0.677. The molecular formula is C11H17N3O3. The maximum Gasteiger partial charge on any atom is 0.240 e. The lowest BCUT2D eigenvalue weighted by atomic mass is 9.97. The van der Waals surface area contributed by atoms with Gasteiger partial charge in [0.05, 0.1) is 18.6 Å². The first-order chi connectivity index (χ1) is 8.06. The van der Waals surface area contributed by atoms with Gasteiger partial charge < -0.3 is 15.8 Å². The topological polar surface area (TPSA) is 105 Å². The molecule has 0 radical (unpaired) electrons. The Bertz CT molecular complexity index is 331. The Morgan fingerprint density at radius 3 is 2.82 bits per heavy atom. The number of hydrogen-bond acceptors (Lipinski definition) is 4. The van der Waals surface area contributed by atoms with Crippen molar-refractivity contribution in [3.05, 3.63) is 0 Å². The highest BCUT2D eigenvalue weighted by molar-refractivity contribution is 5.87. The summed E-state index contributed by atoms with van der Waals surface area (Å²) in [5, 5.41) is 11.2. The van der Waals surface area contributed by atoms with Crippen LogP contribution in [-0.2, 0) is 14.3 Å². The van der Waals surface area contributed by atoms with Crippen LogP contribution in [0.3, 0.4) is 0 Å². The molecule has 17 heavy (non-hydrogen) atoms. The average Bonchev–Trinajstić information content (AvgIpc) is 2.78. The molecule has 3 atom stereocenters. The molecule has 3 N–H and O–H groups in total. The summed E-state index contributed by atoms with van der Waals surface area (Å²) in [5.41, 5.74) is 5.22. The smallest absolute Gasteiger partial charge is 0.240 e. The van der Waals surface area contributed by atoms with E-state index < -0.39 is 11.9 Å². The zero-order valence-electron chi connectivity index (χ0n) is 9.81. The van der Waals surface area contributed by atoms with E-state index in [4.69, 9.17) is 15.7 Å². The van der Waals surface area contributed by atoms with Crippen LogP contribution in [0.15, 0.2) is 0 Å². The van der Waals surface area contributed by atoms with Gasteiger partial charge in [-0.1, -0.05) is 6.92 Å². The molecule has 0 aromatic carbocycles. The third-order valence-corrected chi connectivity index (χ3v) is 2.89. The second-order valence-corrected chi connectivity index (χ2v) is 4.29. The van der Waals surface area contributed by atoms with Crippen LogP contribution in [0.4, 0.5) is 0 Å². The first-order valence-corrected chi connectivity index (χ1v) is 5.60. The molecule has 1 saturated heterocycles. The molecule has 1 aliphatic heterocycles. The Morgan fingerprint density at radius 2 is 2.35 bits per heavy atom. The van der Waals surface area contributed by atoms with Crippen LogP contribution in [0.25, 0.3) is 0 Å². The minimum absolute atomic E-state index is 0.176. The Morgan fingerprint density at radius 1 is 1.65 bits per heavy atom. The number of ether oxygens (including phenoxy) is 1. The zero-order valence-corrected chi connectivity index (χ0v) is 9.81. The first-order valence-electron chi connectivity index (χ1n) is 5.60. The molecular weight excluding hydrogens is 222 g/mol. The van der Waals surface area contributed by atoms with Crippen LogP contribution in [0.1, 0.15) is 19.8 Å². The molecule has 1 aliphatic rings. The fraction of sp³-hybridized carbons (Fsp3) is 0.727. The number of carbonyl (C=O) groups excluding carboxylic acids is 2. The lowest BCUT2D eigenvalue weighted by molar-refractivity contribution is -0.130. The monoisotopic (exact) mass is 239 g/mol. The van der Waals surface area contributed by atoms with Gasteiger partial charge in [0, 0.05) is 13.0 Å². The van der Waals surface area contributed by atoms with Gasteiger partial charge in [-0.2, -0.15) is 5.26 Å². The van der Waals surface area contributed by atoms with E-state index in [0.29, 0.717) is 19.6 Å². The number of nitrogens with zero attached hydrogens (tertiary/aromatic N) is 1. The largest absolute Gasteiger partial charge is 0.381 e. The number of rotatable bonds is 5. The van der Waals surface area contributed by atoms with Crippen LogP contribution in [0.5, 0.6) is 0 Å². The van der Waals surface area contributed by atoms with Gasteiger partial charge >= 0.3 is 0 Å². The van der Waals surface area contributed by atoms with Crippen LogP contribution < -0.4 is 11.1 Å². The van der Waals surface area contributed by atoms with Crippen molar-refractivity contribution in [1.82, 2.24) is 5.32 Å². The number of hydrogen-bond donors (Lipinski definition) is 2. The normalized spacial score (nSPS) is 22.5. The second-order valence-electron chi connectivity index (χ2n) is 4.29. The molecule has 0 spiro atoms. The molecule has 1 heterocycles. The minimum Gasteiger partial charge on any atom is -0.381 e. The third kappa shape index (κ3) is 3.71. The van der Waals surface area contributed by atoms with Gasteiger partial charge in [0.15, 0.2) is 0 Å². The van der Waals surface area contributed by atoms with E-state index >= 15 is 0 Å². The van der Waals surface area contributed by atoms with Gasteiger partial charge in [-0.15, -0.1) is 0 Å². The summed E-state index contributed by atoms with van der Waals surface area (Å²) in [6.45, 7) is 2.65. The molecule has 0 aliphatic carbocycles. The van der Waals surface area contributed by atoms with Crippen molar-refractivity contribution >= 4 is 11.8 Å². The van der Waals surface area contributed by atoms with Gasteiger partial charge in [-0.25, -0.2) is 0 Å². The Labute approximate surface area is 100 Å². The summed E-state index contributed by atoms with van der Waals surface area (Å²) in [4.78, 5) is 23.0. The number of amides is 2. The third-order valence-electron chi connectivity index (χ3n) is 2.89. The Balaban J connectivity index is 2.57. The fourth-order valence-electron chi connectivity index (χ4n) is 1.77. The van der Waals surface area contributed by atoms with Crippen molar-refractivity contribution in [2.45, 2.75) is 25.8 Å². The predicted molar refractivity (Wildman–Crippen MR) is 59.4 cm³/mol. The van der Waals surface area contributed by atoms with E-state index in [1.54, 1.807) is 6.92 Å². The van der Waals surface area contributed by atoms with E-state index in [2.05, 4.69) is 5.32 Å². The number of nitrogens with one attached hydrogen (secondary N) is 1. The summed E-state index contributed by atoms with van der Waals surface area (Å²) >= 11 is 0. The summed E-state index contributed by atoms with van der Waals surface area (Å²) in [7, 11) is 0. The van der Waals surface area contributed by atoms with E-state index in [1.807, 2.05) is 6.07 Å². The van der Waals surface area contributed by atoms with Crippen LogP contribution in [0.2, 0.25) is 0 Å². The van der Waals surface area contributed by atoms with Crippen LogP contribution in [-0.4, -0.2) is 31.1 Å². The summed E-state index contributed by atoms with van der Waals surface area (Å²) < 4.78 is 5.10.